The summed E-state index contributed by atoms with van der Waals surface area (Å²) in [6.45, 7) is 12.8. The Morgan fingerprint density at radius 2 is 1.53 bits per heavy atom. The van der Waals surface area contributed by atoms with Crippen molar-refractivity contribution < 1.29 is 9.59 Å². The zero-order chi connectivity index (χ0) is 23.9. The Labute approximate surface area is 201 Å². The Morgan fingerprint density at radius 1 is 0.969 bits per heavy atom. The van der Waals surface area contributed by atoms with E-state index in [0.717, 1.165) is 22.0 Å². The van der Waals surface area contributed by atoms with Crippen LogP contribution in [-0.2, 0) is 28.0 Å². The molecule has 2 atom stereocenters. The fourth-order valence-corrected chi connectivity index (χ4v) is 3.67. The van der Waals surface area contributed by atoms with Crippen LogP contribution >= 0.6 is 15.9 Å². The van der Waals surface area contributed by atoms with Gasteiger partial charge in [-0.1, -0.05) is 80.0 Å². The smallest absolute Gasteiger partial charge is 0.242 e. The monoisotopic (exact) mass is 500 g/mol. The summed E-state index contributed by atoms with van der Waals surface area (Å²) in [7, 11) is 0. The van der Waals surface area contributed by atoms with Gasteiger partial charge in [0.1, 0.15) is 6.04 Å². The van der Waals surface area contributed by atoms with Gasteiger partial charge in [0.15, 0.2) is 0 Å². The summed E-state index contributed by atoms with van der Waals surface area (Å²) in [6.07, 6.45) is 1.87. The van der Waals surface area contributed by atoms with Crippen LogP contribution in [0.4, 0.5) is 0 Å². The Hall–Kier alpha value is -2.14. The second-order valence-corrected chi connectivity index (χ2v) is 10.5. The number of nitrogens with one attached hydrogen (secondary N) is 1. The highest BCUT2D eigenvalue weighted by atomic mass is 79.9. The van der Waals surface area contributed by atoms with E-state index in [1.807, 2.05) is 45.0 Å². The van der Waals surface area contributed by atoms with Gasteiger partial charge in [-0.25, -0.2) is 0 Å². The van der Waals surface area contributed by atoms with Crippen LogP contribution in [0.15, 0.2) is 53.0 Å². The first-order valence-corrected chi connectivity index (χ1v) is 12.2. The van der Waals surface area contributed by atoms with Crippen LogP contribution < -0.4 is 5.32 Å². The fraction of sp³-hybridized carbons (Fsp3) is 0.481. The van der Waals surface area contributed by atoms with Crippen molar-refractivity contribution in [3.63, 3.8) is 0 Å². The van der Waals surface area contributed by atoms with Gasteiger partial charge >= 0.3 is 0 Å². The molecule has 174 valence electrons. The van der Waals surface area contributed by atoms with Crippen molar-refractivity contribution in [3.8, 4) is 0 Å². The minimum atomic E-state index is -0.539. The summed E-state index contributed by atoms with van der Waals surface area (Å²) in [5.41, 5.74) is 3.51. The normalized spacial score (nSPS) is 13.3. The molecule has 0 saturated heterocycles. The number of hydrogen-bond donors (Lipinski definition) is 1. The van der Waals surface area contributed by atoms with E-state index in [9.17, 15) is 9.59 Å². The lowest BCUT2D eigenvalue weighted by molar-refractivity contribution is -0.140. The maximum Gasteiger partial charge on any atom is 0.242 e. The third-order valence-corrected chi connectivity index (χ3v) is 6.41. The highest BCUT2D eigenvalue weighted by molar-refractivity contribution is 9.10. The molecule has 4 nitrogen and oxygen atoms in total. The maximum absolute atomic E-state index is 13.3. The molecule has 0 heterocycles. The van der Waals surface area contributed by atoms with Gasteiger partial charge in [-0.05, 0) is 60.9 Å². The molecule has 2 rings (SSSR count). The summed E-state index contributed by atoms with van der Waals surface area (Å²) in [4.78, 5) is 27.7. The molecule has 0 bridgehead atoms. The number of carbonyl (C=O) groups is 2. The van der Waals surface area contributed by atoms with Gasteiger partial charge in [0.2, 0.25) is 11.8 Å². The van der Waals surface area contributed by atoms with E-state index in [-0.39, 0.29) is 23.3 Å². The number of carbonyl (C=O) groups excluding carboxylic acids is 2. The molecule has 0 saturated carbocycles. The second-order valence-electron chi connectivity index (χ2n) is 9.59. The van der Waals surface area contributed by atoms with E-state index in [1.54, 1.807) is 4.90 Å². The molecular weight excluding hydrogens is 464 g/mol. The molecule has 2 aromatic carbocycles. The predicted octanol–water partition coefficient (Wildman–Crippen LogP) is 6.01. The zero-order valence-corrected chi connectivity index (χ0v) is 21.8. The molecule has 0 aliphatic heterocycles. The lowest BCUT2D eigenvalue weighted by Gasteiger charge is -2.30. The van der Waals surface area contributed by atoms with Crippen LogP contribution in [0.1, 0.15) is 71.1 Å². The molecule has 0 aliphatic carbocycles. The molecule has 2 aromatic rings. The SMILES string of the molecule is CC[C@@H](C)NC(=O)[C@H](C)N(Cc1ccc(Br)cc1)C(=O)CCc1ccc(C(C)(C)C)cc1. The summed E-state index contributed by atoms with van der Waals surface area (Å²) in [5.74, 6) is -0.126. The van der Waals surface area contributed by atoms with E-state index in [2.05, 4.69) is 66.3 Å². The number of nitrogens with zero attached hydrogens (tertiary/aromatic N) is 1. The predicted molar refractivity (Wildman–Crippen MR) is 136 cm³/mol. The Bertz CT molecular complexity index is 885. The van der Waals surface area contributed by atoms with E-state index < -0.39 is 6.04 Å². The van der Waals surface area contributed by atoms with Crippen molar-refractivity contribution in [1.82, 2.24) is 10.2 Å². The highest BCUT2D eigenvalue weighted by Gasteiger charge is 2.26. The first kappa shape index (κ1) is 26.1. The first-order chi connectivity index (χ1) is 15.0. The average Bonchev–Trinajstić information content (AvgIpc) is 2.76. The average molecular weight is 502 g/mol. The van der Waals surface area contributed by atoms with Crippen molar-refractivity contribution in [3.05, 3.63) is 69.7 Å². The number of halogens is 1. The molecule has 0 radical (unpaired) electrons. The van der Waals surface area contributed by atoms with Gasteiger partial charge in [-0.15, -0.1) is 0 Å². The number of rotatable bonds is 9. The van der Waals surface area contributed by atoms with Crippen LogP contribution in [0, 0.1) is 0 Å². The minimum absolute atomic E-state index is 0.0142. The summed E-state index contributed by atoms with van der Waals surface area (Å²) >= 11 is 3.45. The molecule has 1 N–H and O–H groups in total. The molecule has 0 aliphatic rings. The van der Waals surface area contributed by atoms with Crippen molar-refractivity contribution in [2.45, 2.75) is 84.8 Å². The molecule has 32 heavy (non-hydrogen) atoms. The van der Waals surface area contributed by atoms with Gasteiger partial charge in [0.25, 0.3) is 0 Å². The number of benzene rings is 2. The van der Waals surface area contributed by atoms with E-state index in [4.69, 9.17) is 0 Å². The number of amides is 2. The van der Waals surface area contributed by atoms with Crippen LogP contribution in [0.25, 0.3) is 0 Å². The third-order valence-electron chi connectivity index (χ3n) is 5.88. The molecule has 5 heteroatoms. The van der Waals surface area contributed by atoms with Crippen LogP contribution in [0.3, 0.4) is 0 Å². The molecule has 0 unspecified atom stereocenters. The summed E-state index contributed by atoms with van der Waals surface area (Å²) < 4.78 is 0.986. The van der Waals surface area contributed by atoms with Gasteiger partial charge in [-0.2, -0.15) is 0 Å². The van der Waals surface area contributed by atoms with Crippen LogP contribution in [0.5, 0.6) is 0 Å². The molecule has 0 aromatic heterocycles. The minimum Gasteiger partial charge on any atom is -0.352 e. The quantitative estimate of drug-likeness (QED) is 0.458. The van der Waals surface area contributed by atoms with E-state index in [1.165, 1.54) is 5.56 Å². The zero-order valence-electron chi connectivity index (χ0n) is 20.2. The standard InChI is InChI=1S/C27H37BrN2O2/c1-7-19(2)29-26(32)20(3)30(18-22-10-15-24(28)16-11-22)25(31)17-12-21-8-13-23(14-9-21)27(4,5)6/h8-11,13-16,19-20H,7,12,17-18H2,1-6H3,(H,29,32)/t19-,20+/m1/s1. The highest BCUT2D eigenvalue weighted by Crippen LogP contribution is 2.23. The van der Waals surface area contributed by atoms with Crippen molar-refractivity contribution in [2.24, 2.45) is 0 Å². The van der Waals surface area contributed by atoms with Gasteiger partial charge in [0.05, 0.1) is 0 Å². The number of hydrogen-bond acceptors (Lipinski definition) is 2. The largest absolute Gasteiger partial charge is 0.352 e. The molecular formula is C27H37BrN2O2. The molecule has 0 fully saturated rings. The Balaban J connectivity index is 2.13. The van der Waals surface area contributed by atoms with Crippen molar-refractivity contribution in [1.29, 1.82) is 0 Å². The van der Waals surface area contributed by atoms with E-state index in [0.29, 0.717) is 19.4 Å². The second kappa shape index (κ2) is 11.6. The third kappa shape index (κ3) is 7.77. The molecule has 0 spiro atoms. The van der Waals surface area contributed by atoms with Gasteiger partial charge in [0, 0.05) is 23.5 Å². The number of aryl methyl sites for hydroxylation is 1. The summed E-state index contributed by atoms with van der Waals surface area (Å²) in [6, 6.07) is 15.9. The van der Waals surface area contributed by atoms with Crippen LogP contribution in [-0.4, -0.2) is 28.8 Å². The lowest BCUT2D eigenvalue weighted by atomic mass is 9.86. The maximum atomic E-state index is 13.3. The lowest BCUT2D eigenvalue weighted by Crippen LogP contribution is -2.49. The first-order valence-electron chi connectivity index (χ1n) is 11.4. The molecule has 2 amide bonds. The summed E-state index contributed by atoms with van der Waals surface area (Å²) in [5, 5.41) is 3.01. The van der Waals surface area contributed by atoms with Gasteiger partial charge < -0.3 is 10.2 Å². The topological polar surface area (TPSA) is 49.4 Å². The van der Waals surface area contributed by atoms with E-state index >= 15 is 0 Å². The fourth-order valence-electron chi connectivity index (χ4n) is 3.40. The van der Waals surface area contributed by atoms with Crippen molar-refractivity contribution >= 4 is 27.7 Å². The van der Waals surface area contributed by atoms with Gasteiger partial charge in [-0.3, -0.25) is 9.59 Å². The Morgan fingerprint density at radius 3 is 2.06 bits per heavy atom. The van der Waals surface area contributed by atoms with Crippen molar-refractivity contribution in [2.75, 3.05) is 0 Å². The Kier molecular flexibility index (Phi) is 9.50. The van der Waals surface area contributed by atoms with Crippen LogP contribution in [0.2, 0.25) is 0 Å².